The van der Waals surface area contributed by atoms with Crippen LogP contribution in [0.5, 0.6) is 0 Å². The molecule has 1 amide bonds. The molecule has 0 bridgehead atoms. The second-order valence-electron chi connectivity index (χ2n) is 6.48. The molecular weight excluding hydrogens is 422 g/mol. The third-order valence-corrected chi connectivity index (χ3v) is 6.92. The number of amides is 1. The smallest absolute Gasteiger partial charge is 0.239 e. The van der Waals surface area contributed by atoms with Crippen LogP contribution < -0.4 is 4.90 Å². The number of thiazole rings is 1. The molecule has 29 heavy (non-hydrogen) atoms. The Morgan fingerprint density at radius 3 is 2.69 bits per heavy atom. The number of aryl methyl sites for hydroxylation is 1. The highest BCUT2D eigenvalue weighted by Crippen LogP contribution is 2.36. The zero-order chi connectivity index (χ0) is 20.2. The molecule has 0 unspecified atom stereocenters. The summed E-state index contributed by atoms with van der Waals surface area (Å²) in [7, 11) is 0. The Hall–Kier alpha value is -2.41. The van der Waals surface area contributed by atoms with Crippen LogP contribution in [0, 0.1) is 6.92 Å². The first-order valence-corrected chi connectivity index (χ1v) is 11.2. The molecule has 0 saturated carbocycles. The van der Waals surface area contributed by atoms with Gasteiger partial charge in [0.2, 0.25) is 5.91 Å². The number of rotatable bonds is 6. The summed E-state index contributed by atoms with van der Waals surface area (Å²) in [5.41, 5.74) is 2.84. The predicted octanol–water partition coefficient (Wildman–Crippen LogP) is 5.98. The number of pyridine rings is 1. The third kappa shape index (κ3) is 4.61. The minimum absolute atomic E-state index is 0.00413. The van der Waals surface area contributed by atoms with Gasteiger partial charge < -0.3 is 0 Å². The van der Waals surface area contributed by atoms with E-state index in [1.807, 2.05) is 61.5 Å². The molecule has 2 aromatic heterocycles. The van der Waals surface area contributed by atoms with E-state index >= 15 is 0 Å². The van der Waals surface area contributed by atoms with Crippen LogP contribution in [0.15, 0.2) is 71.9 Å². The third-order valence-electron chi connectivity index (χ3n) is 4.39. The lowest BCUT2D eigenvalue weighted by atomic mass is 10.2. The van der Waals surface area contributed by atoms with Crippen molar-refractivity contribution < 1.29 is 4.79 Å². The highest BCUT2D eigenvalue weighted by Gasteiger charge is 2.22. The summed E-state index contributed by atoms with van der Waals surface area (Å²) in [6, 6.07) is 17.6. The van der Waals surface area contributed by atoms with E-state index in [1.165, 1.54) is 23.1 Å². The molecule has 0 N–H and O–H groups in total. The van der Waals surface area contributed by atoms with Crippen molar-refractivity contribution in [3.05, 3.63) is 83.1 Å². The van der Waals surface area contributed by atoms with Crippen molar-refractivity contribution >= 4 is 56.0 Å². The molecule has 4 rings (SSSR count). The number of aromatic nitrogens is 2. The fraction of sp³-hybridized carbons (Fsp3) is 0.136. The van der Waals surface area contributed by atoms with Gasteiger partial charge in [0.1, 0.15) is 0 Å². The quantitative estimate of drug-likeness (QED) is 0.347. The standard InChI is InChI=1S/C22H18ClN3OS2/c1-15-9-10-18(23)21-20(15)25-22(29-21)26(13-16-6-5-11-24-12-16)19(27)14-28-17-7-3-2-4-8-17/h2-12H,13-14H2,1H3. The number of thioether (sulfide) groups is 1. The van der Waals surface area contributed by atoms with Crippen LogP contribution in [0.4, 0.5) is 5.13 Å². The van der Waals surface area contributed by atoms with E-state index in [-0.39, 0.29) is 5.91 Å². The molecule has 0 fully saturated rings. The molecule has 2 aromatic carbocycles. The topological polar surface area (TPSA) is 46.1 Å². The zero-order valence-electron chi connectivity index (χ0n) is 15.7. The van der Waals surface area contributed by atoms with E-state index in [0.717, 1.165) is 26.2 Å². The van der Waals surface area contributed by atoms with Gasteiger partial charge in [-0.2, -0.15) is 0 Å². The molecule has 2 heterocycles. The fourth-order valence-electron chi connectivity index (χ4n) is 2.88. The molecule has 0 aliphatic rings. The Labute approximate surface area is 182 Å². The van der Waals surface area contributed by atoms with E-state index < -0.39 is 0 Å². The van der Waals surface area contributed by atoms with E-state index in [2.05, 4.69) is 4.98 Å². The summed E-state index contributed by atoms with van der Waals surface area (Å²) in [6.07, 6.45) is 3.50. The lowest BCUT2D eigenvalue weighted by Gasteiger charge is -2.19. The van der Waals surface area contributed by atoms with Crippen LogP contribution in [-0.2, 0) is 11.3 Å². The highest BCUT2D eigenvalue weighted by molar-refractivity contribution is 8.00. The number of benzene rings is 2. The number of fused-ring (bicyclic) bond motifs is 1. The maximum atomic E-state index is 13.2. The summed E-state index contributed by atoms with van der Waals surface area (Å²) in [5.74, 6) is 0.322. The molecule has 4 aromatic rings. The first kappa shape index (κ1) is 19.9. The molecule has 7 heteroatoms. The van der Waals surface area contributed by atoms with Gasteiger partial charge in [-0.15, -0.1) is 11.8 Å². The average molecular weight is 440 g/mol. The van der Waals surface area contributed by atoms with Crippen LogP contribution in [0.3, 0.4) is 0 Å². The maximum absolute atomic E-state index is 13.2. The number of carbonyl (C=O) groups excluding carboxylic acids is 1. The SMILES string of the molecule is Cc1ccc(Cl)c2sc(N(Cc3cccnc3)C(=O)CSc3ccccc3)nc12. The van der Waals surface area contributed by atoms with Crippen LogP contribution in [0.25, 0.3) is 10.2 Å². The maximum Gasteiger partial charge on any atom is 0.239 e. The number of hydrogen-bond donors (Lipinski definition) is 0. The molecule has 0 aliphatic heterocycles. The first-order valence-electron chi connectivity index (χ1n) is 9.04. The molecule has 0 saturated heterocycles. The van der Waals surface area contributed by atoms with Gasteiger partial charge in [0, 0.05) is 17.3 Å². The molecule has 0 atom stereocenters. The summed E-state index contributed by atoms with van der Waals surface area (Å²) in [6.45, 7) is 2.42. The lowest BCUT2D eigenvalue weighted by Crippen LogP contribution is -2.31. The molecular formula is C22H18ClN3OS2. The van der Waals surface area contributed by atoms with E-state index in [0.29, 0.717) is 22.5 Å². The zero-order valence-corrected chi connectivity index (χ0v) is 18.1. The number of nitrogens with zero attached hydrogens (tertiary/aromatic N) is 3. The molecule has 0 spiro atoms. The van der Waals surface area contributed by atoms with Gasteiger partial charge in [0.25, 0.3) is 0 Å². The second-order valence-corrected chi connectivity index (χ2v) is 8.91. The molecule has 146 valence electrons. The number of halogens is 1. The minimum atomic E-state index is -0.00413. The van der Waals surface area contributed by atoms with Crippen molar-refractivity contribution in [2.45, 2.75) is 18.4 Å². The number of hydrogen-bond acceptors (Lipinski definition) is 5. The first-order chi connectivity index (χ1) is 14.1. The van der Waals surface area contributed by atoms with Gasteiger partial charge in [0.05, 0.1) is 27.5 Å². The van der Waals surface area contributed by atoms with Crippen molar-refractivity contribution in [2.24, 2.45) is 0 Å². The number of anilines is 1. The highest BCUT2D eigenvalue weighted by atomic mass is 35.5. The van der Waals surface area contributed by atoms with Crippen molar-refractivity contribution in [1.82, 2.24) is 9.97 Å². The van der Waals surface area contributed by atoms with E-state index in [9.17, 15) is 4.79 Å². The normalized spacial score (nSPS) is 11.0. The van der Waals surface area contributed by atoms with Crippen molar-refractivity contribution in [3.63, 3.8) is 0 Å². The summed E-state index contributed by atoms with van der Waals surface area (Å²) in [5, 5.41) is 1.31. The Bertz CT molecular complexity index is 1090. The van der Waals surface area contributed by atoms with Crippen molar-refractivity contribution in [2.75, 3.05) is 10.7 Å². The largest absolute Gasteiger partial charge is 0.283 e. The van der Waals surface area contributed by atoms with Gasteiger partial charge >= 0.3 is 0 Å². The summed E-state index contributed by atoms with van der Waals surface area (Å²) >= 11 is 9.35. The van der Waals surface area contributed by atoms with Crippen LogP contribution in [-0.4, -0.2) is 21.6 Å². The van der Waals surface area contributed by atoms with Gasteiger partial charge in [-0.1, -0.05) is 53.3 Å². The van der Waals surface area contributed by atoms with Gasteiger partial charge in [0.15, 0.2) is 5.13 Å². The molecule has 0 aliphatic carbocycles. The van der Waals surface area contributed by atoms with Crippen LogP contribution >= 0.6 is 34.7 Å². The Kier molecular flexibility index (Phi) is 6.13. The second kappa shape index (κ2) is 8.95. The summed E-state index contributed by atoms with van der Waals surface area (Å²) in [4.78, 5) is 24.9. The van der Waals surface area contributed by atoms with Crippen molar-refractivity contribution in [1.29, 1.82) is 0 Å². The van der Waals surface area contributed by atoms with Gasteiger partial charge in [-0.25, -0.2) is 4.98 Å². The van der Waals surface area contributed by atoms with Crippen LogP contribution in [0.1, 0.15) is 11.1 Å². The molecule has 0 radical (unpaired) electrons. The minimum Gasteiger partial charge on any atom is -0.283 e. The Balaban J connectivity index is 1.65. The Morgan fingerprint density at radius 2 is 1.97 bits per heavy atom. The predicted molar refractivity (Wildman–Crippen MR) is 122 cm³/mol. The fourth-order valence-corrected chi connectivity index (χ4v) is 5.01. The number of carbonyl (C=O) groups is 1. The average Bonchev–Trinajstić information content (AvgIpc) is 3.21. The monoisotopic (exact) mass is 439 g/mol. The van der Waals surface area contributed by atoms with Gasteiger partial charge in [-0.05, 0) is 42.3 Å². The van der Waals surface area contributed by atoms with Crippen LogP contribution in [0.2, 0.25) is 5.02 Å². The summed E-state index contributed by atoms with van der Waals surface area (Å²) < 4.78 is 0.904. The molecule has 4 nitrogen and oxygen atoms in total. The van der Waals surface area contributed by atoms with E-state index in [4.69, 9.17) is 16.6 Å². The van der Waals surface area contributed by atoms with Crippen molar-refractivity contribution in [3.8, 4) is 0 Å². The Morgan fingerprint density at radius 1 is 1.14 bits per heavy atom. The van der Waals surface area contributed by atoms with E-state index in [1.54, 1.807) is 17.3 Å². The lowest BCUT2D eigenvalue weighted by molar-refractivity contribution is -0.116. The van der Waals surface area contributed by atoms with Gasteiger partial charge in [-0.3, -0.25) is 14.7 Å².